The van der Waals surface area contributed by atoms with Crippen LogP contribution in [0, 0.1) is 23.7 Å². The second-order valence-corrected chi connectivity index (χ2v) is 13.4. The first-order chi connectivity index (χ1) is 21.3. The van der Waals surface area contributed by atoms with Crippen LogP contribution in [0.1, 0.15) is 62.7 Å². The number of nitrogens with one attached hydrogen (secondary N) is 2. The van der Waals surface area contributed by atoms with Crippen LogP contribution in [0.4, 0.5) is 0 Å². The van der Waals surface area contributed by atoms with Gasteiger partial charge in [0.25, 0.3) is 0 Å². The average molecular weight is 569 g/mol. The van der Waals surface area contributed by atoms with Crippen LogP contribution in [0.2, 0.25) is 0 Å². The standard InChI is InChI=1S/C40H44N2O/c1-3-9-27(10-4-1)28-15-19-30(20-16-28)36-26-37(42-40(41-36)32-11-5-2-6-12-32)31-21-17-29(18-22-31)33-23-24-35-34-13-7-8-14-38(34)43-39(35)25-33/h3,5,7-15,17,19,21-22,26,28-30,33,37,40-42H,1-2,4,6,16,18,20,23-25H2. The second kappa shape index (κ2) is 11.8. The Labute approximate surface area is 256 Å². The zero-order valence-corrected chi connectivity index (χ0v) is 25.2. The summed E-state index contributed by atoms with van der Waals surface area (Å²) in [4.78, 5) is 0. The molecule has 2 N–H and O–H groups in total. The van der Waals surface area contributed by atoms with Gasteiger partial charge in [-0.1, -0.05) is 85.0 Å². The number of fused-ring (bicyclic) bond motifs is 3. The van der Waals surface area contributed by atoms with Gasteiger partial charge in [-0.25, -0.2) is 0 Å². The van der Waals surface area contributed by atoms with E-state index in [4.69, 9.17) is 4.42 Å². The van der Waals surface area contributed by atoms with E-state index in [9.17, 15) is 0 Å². The van der Waals surface area contributed by atoms with Gasteiger partial charge in [-0.3, -0.25) is 5.32 Å². The van der Waals surface area contributed by atoms with Crippen LogP contribution in [0.3, 0.4) is 0 Å². The molecule has 6 unspecified atom stereocenters. The van der Waals surface area contributed by atoms with Crippen LogP contribution in [0.25, 0.3) is 11.0 Å². The van der Waals surface area contributed by atoms with Crippen LogP contribution in [-0.2, 0) is 12.8 Å². The highest BCUT2D eigenvalue weighted by Gasteiger charge is 2.32. The number of hydrogen-bond acceptors (Lipinski definition) is 3. The van der Waals surface area contributed by atoms with Gasteiger partial charge >= 0.3 is 0 Å². The molecule has 0 saturated heterocycles. The minimum atomic E-state index is 0.147. The highest BCUT2D eigenvalue weighted by atomic mass is 16.3. The SMILES string of the molecule is C1=CC(C2C=CC(C3=CC(C4=CCC(C5CCc6c(oc7ccccc67)C5)C=C4)NC(C4=CCCC=C4)N3)CC2)=CCC1. The monoisotopic (exact) mass is 568 g/mol. The van der Waals surface area contributed by atoms with Crippen molar-refractivity contribution in [2.45, 2.75) is 76.4 Å². The van der Waals surface area contributed by atoms with Gasteiger partial charge in [0.2, 0.25) is 0 Å². The molecule has 1 aromatic carbocycles. The maximum atomic E-state index is 6.32. The van der Waals surface area contributed by atoms with Crippen molar-refractivity contribution < 1.29 is 4.42 Å². The fourth-order valence-corrected chi connectivity index (χ4v) is 8.24. The number of furan rings is 1. The van der Waals surface area contributed by atoms with Gasteiger partial charge in [-0.2, -0.15) is 0 Å². The highest BCUT2D eigenvalue weighted by molar-refractivity contribution is 5.82. The third-order valence-corrected chi connectivity index (χ3v) is 10.7. The van der Waals surface area contributed by atoms with E-state index < -0.39 is 0 Å². The maximum absolute atomic E-state index is 6.32. The summed E-state index contributed by atoms with van der Waals surface area (Å²) < 4.78 is 6.32. The molecule has 3 heteroatoms. The Kier molecular flexibility index (Phi) is 7.45. The Bertz CT molecular complexity index is 1620. The molecule has 6 atom stereocenters. The summed E-state index contributed by atoms with van der Waals surface area (Å²) >= 11 is 0. The number of rotatable bonds is 5. The fraction of sp³-hybridized carbons (Fsp3) is 0.400. The predicted molar refractivity (Wildman–Crippen MR) is 177 cm³/mol. The molecule has 1 aliphatic heterocycles. The van der Waals surface area contributed by atoms with E-state index in [-0.39, 0.29) is 12.2 Å². The van der Waals surface area contributed by atoms with E-state index in [2.05, 4.69) is 108 Å². The van der Waals surface area contributed by atoms with Crippen molar-refractivity contribution in [1.29, 1.82) is 0 Å². The Morgan fingerprint density at radius 1 is 0.744 bits per heavy atom. The molecule has 0 saturated carbocycles. The lowest BCUT2D eigenvalue weighted by molar-refractivity contribution is 0.322. The Morgan fingerprint density at radius 3 is 2.33 bits per heavy atom. The molecule has 2 aromatic rings. The maximum Gasteiger partial charge on any atom is 0.134 e. The molecule has 43 heavy (non-hydrogen) atoms. The van der Waals surface area contributed by atoms with Gasteiger partial charge in [0.05, 0.1) is 6.04 Å². The van der Waals surface area contributed by atoms with Crippen molar-refractivity contribution in [2.24, 2.45) is 23.7 Å². The first-order valence-electron chi connectivity index (χ1n) is 16.8. The summed E-state index contributed by atoms with van der Waals surface area (Å²) in [5.41, 5.74) is 8.19. The van der Waals surface area contributed by atoms with Crippen molar-refractivity contribution in [3.63, 3.8) is 0 Å². The Morgan fingerprint density at radius 2 is 1.56 bits per heavy atom. The van der Waals surface area contributed by atoms with Crippen LogP contribution in [0.5, 0.6) is 0 Å². The first-order valence-corrected chi connectivity index (χ1v) is 16.8. The summed E-state index contributed by atoms with van der Waals surface area (Å²) in [6, 6.07) is 8.78. The summed E-state index contributed by atoms with van der Waals surface area (Å²) in [5, 5.41) is 9.21. The highest BCUT2D eigenvalue weighted by Crippen LogP contribution is 2.40. The van der Waals surface area contributed by atoms with E-state index in [0.29, 0.717) is 23.7 Å². The largest absolute Gasteiger partial charge is 0.461 e. The van der Waals surface area contributed by atoms with E-state index in [1.54, 1.807) is 0 Å². The van der Waals surface area contributed by atoms with E-state index in [1.807, 2.05) is 0 Å². The Hall–Kier alpha value is -3.56. The molecule has 3 nitrogen and oxygen atoms in total. The molecule has 0 bridgehead atoms. The lowest BCUT2D eigenvalue weighted by Gasteiger charge is -2.38. The quantitative estimate of drug-likeness (QED) is 0.354. The normalized spacial score (nSPS) is 32.0. The number of allylic oxidation sites excluding steroid dienone is 10. The number of para-hydroxylation sites is 1. The van der Waals surface area contributed by atoms with Gasteiger partial charge in [0.15, 0.2) is 0 Å². The molecule has 0 amide bonds. The summed E-state index contributed by atoms with van der Waals surface area (Å²) in [6.45, 7) is 0. The van der Waals surface area contributed by atoms with Gasteiger partial charge in [-0.05, 0) is 98.5 Å². The molecule has 0 fully saturated rings. The molecule has 0 radical (unpaired) electrons. The minimum Gasteiger partial charge on any atom is -0.461 e. The van der Waals surface area contributed by atoms with E-state index in [0.717, 1.165) is 37.7 Å². The van der Waals surface area contributed by atoms with Crippen LogP contribution >= 0.6 is 0 Å². The van der Waals surface area contributed by atoms with E-state index in [1.165, 1.54) is 71.2 Å². The third kappa shape index (κ3) is 5.49. The summed E-state index contributed by atoms with van der Waals surface area (Å²) in [5.74, 6) is 3.47. The summed E-state index contributed by atoms with van der Waals surface area (Å²) in [7, 11) is 0. The first kappa shape index (κ1) is 27.0. The number of aryl methyl sites for hydroxylation is 1. The zero-order chi connectivity index (χ0) is 28.6. The molecule has 0 spiro atoms. The predicted octanol–water partition coefficient (Wildman–Crippen LogP) is 8.95. The van der Waals surface area contributed by atoms with Crippen LogP contribution < -0.4 is 10.6 Å². The lowest BCUT2D eigenvalue weighted by Crippen LogP contribution is -2.53. The molecular formula is C40H44N2O. The zero-order valence-electron chi connectivity index (χ0n) is 25.2. The fourth-order valence-electron chi connectivity index (χ4n) is 8.24. The summed E-state index contributed by atoms with van der Waals surface area (Å²) in [6.07, 6.45) is 40.9. The third-order valence-electron chi connectivity index (χ3n) is 10.7. The molecule has 220 valence electrons. The Balaban J connectivity index is 0.991. The van der Waals surface area contributed by atoms with Crippen LogP contribution in [0.15, 0.2) is 124 Å². The smallest absolute Gasteiger partial charge is 0.134 e. The molecule has 8 rings (SSSR count). The van der Waals surface area contributed by atoms with Gasteiger partial charge < -0.3 is 9.73 Å². The van der Waals surface area contributed by atoms with Gasteiger partial charge in [-0.15, -0.1) is 0 Å². The minimum absolute atomic E-state index is 0.147. The van der Waals surface area contributed by atoms with Gasteiger partial charge in [0, 0.05) is 34.9 Å². The molecule has 1 aromatic heterocycles. The average Bonchev–Trinajstić information content (AvgIpc) is 3.47. The van der Waals surface area contributed by atoms with Crippen molar-refractivity contribution in [3.05, 3.63) is 131 Å². The molecular weight excluding hydrogens is 524 g/mol. The van der Waals surface area contributed by atoms with Gasteiger partial charge in [0.1, 0.15) is 17.5 Å². The van der Waals surface area contributed by atoms with Crippen molar-refractivity contribution in [2.75, 3.05) is 0 Å². The molecule has 2 heterocycles. The van der Waals surface area contributed by atoms with Crippen LogP contribution in [-0.4, -0.2) is 12.2 Å². The lowest BCUT2D eigenvalue weighted by atomic mass is 9.75. The number of benzene rings is 1. The second-order valence-electron chi connectivity index (χ2n) is 13.4. The topological polar surface area (TPSA) is 37.2 Å². The number of hydrogen-bond donors (Lipinski definition) is 2. The van der Waals surface area contributed by atoms with E-state index >= 15 is 0 Å². The molecule has 6 aliphatic rings. The van der Waals surface area contributed by atoms with Crippen molar-refractivity contribution >= 4 is 11.0 Å². The van der Waals surface area contributed by atoms with Crippen molar-refractivity contribution in [1.82, 2.24) is 10.6 Å². The molecule has 5 aliphatic carbocycles. The van der Waals surface area contributed by atoms with Crippen molar-refractivity contribution in [3.8, 4) is 0 Å².